The second-order valence-electron chi connectivity index (χ2n) is 5.89. The summed E-state index contributed by atoms with van der Waals surface area (Å²) >= 11 is 0. The molecule has 0 fully saturated rings. The number of nitro benzene ring substituents is 1. The Morgan fingerprint density at radius 2 is 2.18 bits per heavy atom. The van der Waals surface area contributed by atoms with Crippen LogP contribution in [0.2, 0.25) is 0 Å². The molecule has 1 aromatic carbocycles. The first-order valence-electron chi connectivity index (χ1n) is 8.25. The second kappa shape index (κ2) is 9.17. The van der Waals surface area contributed by atoms with Crippen molar-refractivity contribution < 1.29 is 22.9 Å². The van der Waals surface area contributed by atoms with Gasteiger partial charge in [0.15, 0.2) is 0 Å². The molecule has 1 amide bonds. The largest absolute Gasteiger partial charge is 0.495 e. The Labute approximate surface area is 162 Å². The fourth-order valence-electron chi connectivity index (χ4n) is 2.46. The number of hydrogen-bond acceptors (Lipinski definition) is 7. The minimum atomic E-state index is -3.90. The summed E-state index contributed by atoms with van der Waals surface area (Å²) in [5.41, 5.74) is -0.391. The quantitative estimate of drug-likeness (QED) is 0.346. The Morgan fingerprint density at radius 1 is 1.43 bits per heavy atom. The average Bonchev–Trinajstić information content (AvgIpc) is 3.15. The zero-order valence-corrected chi connectivity index (χ0v) is 16.3. The van der Waals surface area contributed by atoms with E-state index in [1.54, 1.807) is 18.7 Å². The van der Waals surface area contributed by atoms with Gasteiger partial charge in [-0.2, -0.15) is 0 Å². The molecule has 1 N–H and O–H groups in total. The maximum atomic E-state index is 12.2. The van der Waals surface area contributed by atoms with Gasteiger partial charge in [-0.1, -0.05) is 0 Å². The molecule has 2 rings (SSSR count). The number of benzene rings is 1. The molecule has 0 unspecified atom stereocenters. The monoisotopic (exact) mass is 411 g/mol. The number of aryl methyl sites for hydroxylation is 1. The van der Waals surface area contributed by atoms with Crippen molar-refractivity contribution in [3.63, 3.8) is 0 Å². The number of carbonyl (C=O) groups is 1. The Morgan fingerprint density at radius 3 is 2.75 bits per heavy atom. The summed E-state index contributed by atoms with van der Waals surface area (Å²) in [7, 11) is -2.59. The molecule has 1 aromatic heterocycles. The molecule has 0 aliphatic heterocycles. The van der Waals surface area contributed by atoms with Gasteiger partial charge in [0.2, 0.25) is 15.9 Å². The van der Waals surface area contributed by atoms with Crippen molar-refractivity contribution in [3.05, 3.63) is 47.0 Å². The lowest BCUT2D eigenvalue weighted by Crippen LogP contribution is -2.41. The maximum Gasteiger partial charge on any atom is 0.271 e. The zero-order chi connectivity index (χ0) is 20.7. The highest BCUT2D eigenvalue weighted by molar-refractivity contribution is 7.92. The predicted molar refractivity (Wildman–Crippen MR) is 102 cm³/mol. The minimum Gasteiger partial charge on any atom is -0.495 e. The minimum absolute atomic E-state index is 0.0761. The number of carbonyl (C=O) groups excluding carboxylic acids is 1. The highest BCUT2D eigenvalue weighted by Gasteiger charge is 2.26. The van der Waals surface area contributed by atoms with E-state index >= 15 is 0 Å². The van der Waals surface area contributed by atoms with Crippen LogP contribution in [0.15, 0.2) is 36.9 Å². The van der Waals surface area contributed by atoms with Crippen LogP contribution in [-0.4, -0.2) is 55.3 Å². The van der Waals surface area contributed by atoms with Crippen molar-refractivity contribution >= 4 is 27.3 Å². The molecule has 0 atom stereocenters. The van der Waals surface area contributed by atoms with E-state index in [0.717, 1.165) is 16.6 Å². The van der Waals surface area contributed by atoms with Gasteiger partial charge < -0.3 is 14.6 Å². The van der Waals surface area contributed by atoms with Gasteiger partial charge in [0, 0.05) is 37.6 Å². The zero-order valence-electron chi connectivity index (χ0n) is 15.4. The van der Waals surface area contributed by atoms with Crippen LogP contribution in [0.3, 0.4) is 0 Å². The van der Waals surface area contributed by atoms with E-state index in [9.17, 15) is 23.3 Å². The summed E-state index contributed by atoms with van der Waals surface area (Å²) < 4.78 is 32.2. The van der Waals surface area contributed by atoms with Gasteiger partial charge in [-0.05, 0) is 12.5 Å². The molecular formula is C16H21N5O6S. The molecule has 0 saturated heterocycles. The van der Waals surface area contributed by atoms with E-state index in [2.05, 4.69) is 10.3 Å². The van der Waals surface area contributed by atoms with Crippen LogP contribution in [-0.2, 0) is 21.4 Å². The highest BCUT2D eigenvalue weighted by Crippen LogP contribution is 2.33. The predicted octanol–water partition coefficient (Wildman–Crippen LogP) is 0.772. The molecule has 2 aromatic rings. The van der Waals surface area contributed by atoms with Gasteiger partial charge in [0.25, 0.3) is 5.69 Å². The molecule has 0 aliphatic rings. The summed E-state index contributed by atoms with van der Waals surface area (Å²) in [4.78, 5) is 26.5. The molecule has 12 heteroatoms. The van der Waals surface area contributed by atoms with Crippen LogP contribution in [0.1, 0.15) is 6.42 Å². The average molecular weight is 411 g/mol. The first-order chi connectivity index (χ1) is 13.2. The number of sulfonamides is 1. The number of non-ortho nitro benzene ring substituents is 1. The third-order valence-corrected chi connectivity index (χ3v) is 4.93. The number of ether oxygens (including phenoxy) is 1. The highest BCUT2D eigenvalue weighted by atomic mass is 32.2. The maximum absolute atomic E-state index is 12.2. The van der Waals surface area contributed by atoms with Gasteiger partial charge in [0.1, 0.15) is 18.0 Å². The number of methoxy groups -OCH3 is 1. The van der Waals surface area contributed by atoms with E-state index in [0.29, 0.717) is 19.5 Å². The SMILES string of the molecule is COc1ccc([N+](=O)[O-])cc1N(CC(=O)NCCCn1ccnc1)S(C)(=O)=O. The van der Waals surface area contributed by atoms with E-state index in [1.807, 2.05) is 4.57 Å². The number of hydrogen-bond donors (Lipinski definition) is 1. The Bertz CT molecular complexity index is 929. The van der Waals surface area contributed by atoms with Crippen molar-refractivity contribution in [1.82, 2.24) is 14.9 Å². The first-order valence-corrected chi connectivity index (χ1v) is 10.1. The molecule has 1 heterocycles. The number of nitro groups is 1. The number of aromatic nitrogens is 2. The normalized spacial score (nSPS) is 11.1. The van der Waals surface area contributed by atoms with Gasteiger partial charge in [-0.15, -0.1) is 0 Å². The lowest BCUT2D eigenvalue weighted by Gasteiger charge is -2.23. The fourth-order valence-corrected chi connectivity index (χ4v) is 3.31. The van der Waals surface area contributed by atoms with Crippen molar-refractivity contribution in [3.8, 4) is 5.75 Å². The smallest absolute Gasteiger partial charge is 0.271 e. The summed E-state index contributed by atoms with van der Waals surface area (Å²) in [6.07, 6.45) is 6.64. The number of rotatable bonds is 10. The van der Waals surface area contributed by atoms with Crippen LogP contribution in [0.4, 0.5) is 11.4 Å². The fraction of sp³-hybridized carbons (Fsp3) is 0.375. The molecule has 11 nitrogen and oxygen atoms in total. The summed E-state index contributed by atoms with van der Waals surface area (Å²) in [6.45, 7) is 0.455. The Kier molecular flexibility index (Phi) is 6.93. The summed E-state index contributed by atoms with van der Waals surface area (Å²) in [5, 5.41) is 13.7. The van der Waals surface area contributed by atoms with Crippen molar-refractivity contribution in [2.24, 2.45) is 0 Å². The van der Waals surface area contributed by atoms with Gasteiger partial charge in [-0.3, -0.25) is 19.2 Å². The van der Waals surface area contributed by atoms with E-state index in [1.165, 1.54) is 19.2 Å². The number of amides is 1. The molecule has 28 heavy (non-hydrogen) atoms. The molecule has 0 bridgehead atoms. The first kappa shape index (κ1) is 21.2. The topological polar surface area (TPSA) is 137 Å². The number of nitrogens with zero attached hydrogens (tertiary/aromatic N) is 4. The summed E-state index contributed by atoms with van der Waals surface area (Å²) in [6, 6.07) is 3.54. The number of nitrogens with one attached hydrogen (secondary N) is 1. The molecule has 0 spiro atoms. The molecule has 152 valence electrons. The Balaban J connectivity index is 2.10. The van der Waals surface area contributed by atoms with Crippen LogP contribution in [0.5, 0.6) is 5.75 Å². The molecule has 0 radical (unpaired) electrons. The van der Waals surface area contributed by atoms with Crippen molar-refractivity contribution in [2.75, 3.05) is 30.8 Å². The lowest BCUT2D eigenvalue weighted by atomic mass is 10.2. The van der Waals surface area contributed by atoms with Gasteiger partial charge in [0.05, 0.1) is 24.6 Å². The number of imidazole rings is 1. The third-order valence-electron chi connectivity index (χ3n) is 3.80. The third kappa shape index (κ3) is 5.67. The van der Waals surface area contributed by atoms with Crippen molar-refractivity contribution in [1.29, 1.82) is 0 Å². The number of anilines is 1. The van der Waals surface area contributed by atoms with Crippen LogP contribution >= 0.6 is 0 Å². The Hall–Kier alpha value is -3.15. The van der Waals surface area contributed by atoms with Gasteiger partial charge >= 0.3 is 0 Å². The molecule has 0 aliphatic carbocycles. The lowest BCUT2D eigenvalue weighted by molar-refractivity contribution is -0.384. The van der Waals surface area contributed by atoms with Crippen LogP contribution in [0, 0.1) is 10.1 Å². The standard InChI is InChI=1S/C16H21N5O6S/c1-27-15-5-4-13(21(23)24)10-14(15)20(28(2,25)26)11-16(22)18-6-3-8-19-9-7-17-12-19/h4-5,7,9-10,12H,3,6,8,11H2,1-2H3,(H,18,22). The van der Waals surface area contributed by atoms with Crippen LogP contribution in [0.25, 0.3) is 0 Å². The van der Waals surface area contributed by atoms with Crippen LogP contribution < -0.4 is 14.4 Å². The summed E-state index contributed by atoms with van der Waals surface area (Å²) in [5.74, 6) is -0.437. The van der Waals surface area contributed by atoms with E-state index in [-0.39, 0.29) is 17.1 Å². The molecular weight excluding hydrogens is 390 g/mol. The molecule has 0 saturated carbocycles. The van der Waals surface area contributed by atoms with E-state index < -0.39 is 27.4 Å². The van der Waals surface area contributed by atoms with Crippen molar-refractivity contribution in [2.45, 2.75) is 13.0 Å². The second-order valence-corrected chi connectivity index (χ2v) is 7.79. The van der Waals surface area contributed by atoms with Gasteiger partial charge in [-0.25, -0.2) is 13.4 Å². The van der Waals surface area contributed by atoms with E-state index in [4.69, 9.17) is 4.74 Å².